The predicted octanol–water partition coefficient (Wildman–Crippen LogP) is 1.38. The monoisotopic (exact) mass is 238 g/mol. The first-order chi connectivity index (χ1) is 8.11. The molecule has 1 aromatic carbocycles. The van der Waals surface area contributed by atoms with Crippen LogP contribution < -0.4 is 10.1 Å². The zero-order valence-electron chi connectivity index (χ0n) is 9.00. The average Bonchev–Trinajstić information content (AvgIpc) is 2.75. The summed E-state index contributed by atoms with van der Waals surface area (Å²) in [4.78, 5) is 21.1. The minimum atomic E-state index is -0.521. The Labute approximate surface area is 96.5 Å². The Morgan fingerprint density at radius 2 is 2.35 bits per heavy atom. The van der Waals surface area contributed by atoms with Crippen molar-refractivity contribution in [3.63, 3.8) is 0 Å². The van der Waals surface area contributed by atoms with Crippen LogP contribution in [0.4, 0.5) is 10.5 Å². The fourth-order valence-corrected chi connectivity index (χ4v) is 1.63. The van der Waals surface area contributed by atoms with E-state index in [9.17, 15) is 14.9 Å². The Balaban J connectivity index is 2.31. The van der Waals surface area contributed by atoms with Crippen LogP contribution in [-0.2, 0) is 4.74 Å². The summed E-state index contributed by atoms with van der Waals surface area (Å²) in [6.45, 7) is 0.208. The molecule has 0 saturated carbocycles. The predicted molar refractivity (Wildman–Crippen MR) is 56.9 cm³/mol. The van der Waals surface area contributed by atoms with Gasteiger partial charge in [0.1, 0.15) is 6.61 Å². The van der Waals surface area contributed by atoms with Gasteiger partial charge in [0, 0.05) is 6.07 Å². The van der Waals surface area contributed by atoms with Crippen LogP contribution >= 0.6 is 0 Å². The second kappa shape index (κ2) is 4.28. The van der Waals surface area contributed by atoms with Crippen molar-refractivity contribution in [2.45, 2.75) is 6.04 Å². The maximum atomic E-state index is 10.9. The quantitative estimate of drug-likeness (QED) is 0.634. The number of carbonyl (C=O) groups excluding carboxylic acids is 1. The highest BCUT2D eigenvalue weighted by molar-refractivity contribution is 5.70. The number of nitrogens with one attached hydrogen (secondary N) is 1. The number of benzene rings is 1. The largest absolute Gasteiger partial charge is 0.490 e. The number of alkyl carbamates (subject to hydrolysis) is 1. The molecule has 1 N–H and O–H groups in total. The van der Waals surface area contributed by atoms with E-state index in [-0.39, 0.29) is 24.1 Å². The molecule has 1 aliphatic rings. The van der Waals surface area contributed by atoms with Crippen LogP contribution in [0.25, 0.3) is 0 Å². The standard InChI is InChI=1S/C10H10N2O5/c1-16-9-4-6(2-3-8(9)12(14)15)7-5-17-10(13)11-7/h2-4,7H,5H2,1H3,(H,11,13). The Hall–Kier alpha value is -2.31. The van der Waals surface area contributed by atoms with Gasteiger partial charge in [-0.05, 0) is 17.7 Å². The number of cyclic esters (lactones) is 1. The molecule has 1 atom stereocenters. The maximum absolute atomic E-state index is 10.9. The summed E-state index contributed by atoms with van der Waals surface area (Å²) < 4.78 is 9.68. The summed E-state index contributed by atoms with van der Waals surface area (Å²) in [7, 11) is 1.36. The third-order valence-corrected chi connectivity index (χ3v) is 2.48. The molecule has 7 nitrogen and oxygen atoms in total. The number of amides is 1. The molecule has 0 aliphatic carbocycles. The van der Waals surface area contributed by atoms with Crippen molar-refractivity contribution in [2.75, 3.05) is 13.7 Å². The molecule has 1 fully saturated rings. The molecule has 0 bridgehead atoms. The van der Waals surface area contributed by atoms with Crippen LogP contribution in [-0.4, -0.2) is 24.7 Å². The number of methoxy groups -OCH3 is 1. The van der Waals surface area contributed by atoms with Gasteiger partial charge in [-0.1, -0.05) is 0 Å². The van der Waals surface area contributed by atoms with E-state index in [1.807, 2.05) is 0 Å². The Bertz CT molecular complexity index is 474. The van der Waals surface area contributed by atoms with E-state index < -0.39 is 11.0 Å². The van der Waals surface area contributed by atoms with Gasteiger partial charge >= 0.3 is 11.8 Å². The summed E-state index contributed by atoms with van der Waals surface area (Å²) in [5, 5.41) is 13.3. The van der Waals surface area contributed by atoms with Gasteiger partial charge in [-0.3, -0.25) is 10.1 Å². The zero-order chi connectivity index (χ0) is 12.4. The van der Waals surface area contributed by atoms with Crippen molar-refractivity contribution in [2.24, 2.45) is 0 Å². The van der Waals surface area contributed by atoms with E-state index in [1.54, 1.807) is 6.07 Å². The van der Waals surface area contributed by atoms with Crippen molar-refractivity contribution >= 4 is 11.8 Å². The van der Waals surface area contributed by atoms with Crippen molar-refractivity contribution in [3.05, 3.63) is 33.9 Å². The lowest BCUT2D eigenvalue weighted by atomic mass is 10.1. The third kappa shape index (κ3) is 2.12. The summed E-state index contributed by atoms with van der Waals surface area (Å²) in [6.07, 6.45) is -0.493. The number of nitro benzene ring substituents is 1. The molecule has 1 heterocycles. The molecule has 0 aromatic heterocycles. The van der Waals surface area contributed by atoms with Crippen LogP contribution in [0, 0.1) is 10.1 Å². The van der Waals surface area contributed by atoms with Crippen molar-refractivity contribution in [1.29, 1.82) is 0 Å². The van der Waals surface area contributed by atoms with Crippen LogP contribution in [0.2, 0.25) is 0 Å². The van der Waals surface area contributed by atoms with Gasteiger partial charge in [-0.25, -0.2) is 4.79 Å². The first-order valence-electron chi connectivity index (χ1n) is 4.87. The Morgan fingerprint density at radius 1 is 1.59 bits per heavy atom. The lowest BCUT2D eigenvalue weighted by molar-refractivity contribution is -0.385. The van der Waals surface area contributed by atoms with Gasteiger partial charge in [-0.15, -0.1) is 0 Å². The number of nitro groups is 1. The highest BCUT2D eigenvalue weighted by Crippen LogP contribution is 2.30. The number of nitrogens with zero attached hydrogens (tertiary/aromatic N) is 1. The van der Waals surface area contributed by atoms with Crippen molar-refractivity contribution in [3.8, 4) is 5.75 Å². The van der Waals surface area contributed by atoms with E-state index in [1.165, 1.54) is 19.2 Å². The third-order valence-electron chi connectivity index (χ3n) is 2.48. The van der Waals surface area contributed by atoms with E-state index in [4.69, 9.17) is 9.47 Å². The van der Waals surface area contributed by atoms with Gasteiger partial charge in [0.15, 0.2) is 5.75 Å². The normalized spacial score (nSPS) is 18.4. The maximum Gasteiger partial charge on any atom is 0.407 e. The fourth-order valence-electron chi connectivity index (χ4n) is 1.63. The minimum absolute atomic E-state index is 0.110. The Kier molecular flexibility index (Phi) is 2.82. The molecular formula is C10H10N2O5. The lowest BCUT2D eigenvalue weighted by Crippen LogP contribution is -2.18. The summed E-state index contributed by atoms with van der Waals surface area (Å²) >= 11 is 0. The molecule has 1 aliphatic heterocycles. The molecule has 1 amide bonds. The summed E-state index contributed by atoms with van der Waals surface area (Å²) in [5.74, 6) is 0.161. The Morgan fingerprint density at radius 3 is 2.88 bits per heavy atom. The summed E-state index contributed by atoms with van der Waals surface area (Å²) in [6, 6.07) is 4.15. The molecule has 1 unspecified atom stereocenters. The first kappa shape index (κ1) is 11.2. The van der Waals surface area contributed by atoms with Crippen LogP contribution in [0.3, 0.4) is 0 Å². The topological polar surface area (TPSA) is 90.7 Å². The molecule has 90 valence electrons. The van der Waals surface area contributed by atoms with Crippen LogP contribution in [0.1, 0.15) is 11.6 Å². The number of hydrogen-bond acceptors (Lipinski definition) is 5. The number of hydrogen-bond donors (Lipinski definition) is 1. The number of rotatable bonds is 3. The van der Waals surface area contributed by atoms with E-state index in [0.717, 1.165) is 0 Å². The molecule has 0 spiro atoms. The molecule has 1 saturated heterocycles. The SMILES string of the molecule is COc1cc(C2COC(=O)N2)ccc1[N+](=O)[O-]. The molecule has 7 heteroatoms. The lowest BCUT2D eigenvalue weighted by Gasteiger charge is -2.09. The van der Waals surface area contributed by atoms with Gasteiger partial charge < -0.3 is 14.8 Å². The number of ether oxygens (including phenoxy) is 2. The smallest absolute Gasteiger partial charge is 0.407 e. The first-order valence-corrected chi connectivity index (χ1v) is 4.87. The fraction of sp³-hybridized carbons (Fsp3) is 0.300. The van der Waals surface area contributed by atoms with Crippen molar-refractivity contribution in [1.82, 2.24) is 5.32 Å². The van der Waals surface area contributed by atoms with Gasteiger partial charge in [0.25, 0.3) is 0 Å². The molecule has 17 heavy (non-hydrogen) atoms. The second-order valence-electron chi connectivity index (χ2n) is 3.48. The van der Waals surface area contributed by atoms with E-state index >= 15 is 0 Å². The van der Waals surface area contributed by atoms with E-state index in [0.29, 0.717) is 5.56 Å². The second-order valence-corrected chi connectivity index (χ2v) is 3.48. The molecule has 0 radical (unpaired) electrons. The van der Waals surface area contributed by atoms with Crippen LogP contribution in [0.5, 0.6) is 5.75 Å². The van der Waals surface area contributed by atoms with Crippen LogP contribution in [0.15, 0.2) is 18.2 Å². The molecule has 1 aromatic rings. The molecular weight excluding hydrogens is 228 g/mol. The number of carbonyl (C=O) groups is 1. The van der Waals surface area contributed by atoms with E-state index in [2.05, 4.69) is 5.32 Å². The minimum Gasteiger partial charge on any atom is -0.490 e. The summed E-state index contributed by atoms with van der Waals surface area (Å²) in [5.41, 5.74) is 0.597. The highest BCUT2D eigenvalue weighted by Gasteiger charge is 2.26. The highest BCUT2D eigenvalue weighted by atomic mass is 16.6. The average molecular weight is 238 g/mol. The van der Waals surface area contributed by atoms with Crippen molar-refractivity contribution < 1.29 is 19.2 Å². The zero-order valence-corrected chi connectivity index (χ0v) is 9.00. The van der Waals surface area contributed by atoms with Gasteiger partial charge in [0.2, 0.25) is 0 Å². The van der Waals surface area contributed by atoms with Gasteiger partial charge in [0.05, 0.1) is 18.1 Å². The molecule has 2 rings (SSSR count). The van der Waals surface area contributed by atoms with Gasteiger partial charge in [-0.2, -0.15) is 0 Å².